The molecule has 2 heterocycles. The molecule has 0 atom stereocenters. The Morgan fingerprint density at radius 3 is 2.81 bits per heavy atom. The molecule has 0 fully saturated rings. The fourth-order valence-corrected chi connectivity index (χ4v) is 3.14. The number of carbonyl (C=O) groups excluding carboxylic acids is 1. The number of rotatable bonds is 5. The van der Waals surface area contributed by atoms with Gasteiger partial charge in [0, 0.05) is 12.6 Å². The zero-order valence-corrected chi connectivity index (χ0v) is 14.0. The van der Waals surface area contributed by atoms with Crippen molar-refractivity contribution in [2.24, 2.45) is 0 Å². The van der Waals surface area contributed by atoms with Crippen LogP contribution in [0, 0.1) is 11.6 Å². The average Bonchev–Trinajstić information content (AvgIpc) is 2.98. The molecule has 0 N–H and O–H groups in total. The lowest BCUT2D eigenvalue weighted by molar-refractivity contribution is 0.0513. The van der Waals surface area contributed by atoms with Gasteiger partial charge in [-0.15, -0.1) is 0 Å². The molecule has 1 aromatic carbocycles. The number of hydrogen-bond acceptors (Lipinski definition) is 4. The van der Waals surface area contributed by atoms with Crippen LogP contribution in [0.4, 0.5) is 23.2 Å². The summed E-state index contributed by atoms with van der Waals surface area (Å²) in [6.07, 6.45) is -0.827. The second kappa shape index (κ2) is 7.35. The highest BCUT2D eigenvalue weighted by Gasteiger charge is 2.28. The molecule has 3 rings (SSSR count). The summed E-state index contributed by atoms with van der Waals surface area (Å²) in [6.45, 7) is 1.82. The minimum Gasteiger partial charge on any atom is -0.462 e. The van der Waals surface area contributed by atoms with Crippen molar-refractivity contribution in [3.63, 3.8) is 0 Å². The van der Waals surface area contributed by atoms with Crippen molar-refractivity contribution in [3.8, 4) is 0 Å². The van der Waals surface area contributed by atoms with Gasteiger partial charge in [-0.25, -0.2) is 27.0 Å². The molecule has 0 bridgehead atoms. The van der Waals surface area contributed by atoms with Crippen LogP contribution >= 0.6 is 0 Å². The van der Waals surface area contributed by atoms with Crippen LogP contribution in [-0.4, -0.2) is 28.9 Å². The fourth-order valence-electron chi connectivity index (χ4n) is 3.14. The maximum absolute atomic E-state index is 14.2. The largest absolute Gasteiger partial charge is 0.462 e. The van der Waals surface area contributed by atoms with Gasteiger partial charge in [0.05, 0.1) is 18.5 Å². The number of benzene rings is 1. The summed E-state index contributed by atoms with van der Waals surface area (Å²) >= 11 is 0. The van der Waals surface area contributed by atoms with E-state index in [-0.39, 0.29) is 24.5 Å². The molecule has 0 aliphatic carbocycles. The van der Waals surface area contributed by atoms with E-state index in [1.54, 1.807) is 6.92 Å². The number of alkyl halides is 2. The van der Waals surface area contributed by atoms with Crippen LogP contribution in [-0.2, 0) is 17.8 Å². The summed E-state index contributed by atoms with van der Waals surface area (Å²) in [5, 5.41) is 3.85. The van der Waals surface area contributed by atoms with Gasteiger partial charge >= 0.3 is 5.97 Å². The summed E-state index contributed by atoms with van der Waals surface area (Å²) in [4.78, 5) is 13.4. The minimum atomic E-state index is -2.96. The Bertz CT molecular complexity index is 823. The molecule has 0 saturated heterocycles. The number of aromatic nitrogens is 2. The number of aryl methyl sites for hydroxylation is 1. The Morgan fingerprint density at radius 1 is 1.35 bits per heavy atom. The second-order valence-electron chi connectivity index (χ2n) is 5.87. The van der Waals surface area contributed by atoms with E-state index in [2.05, 4.69) is 5.10 Å². The van der Waals surface area contributed by atoms with Crippen LogP contribution in [0.3, 0.4) is 0 Å². The van der Waals surface area contributed by atoms with E-state index in [4.69, 9.17) is 4.74 Å². The van der Waals surface area contributed by atoms with Crippen molar-refractivity contribution in [2.45, 2.75) is 32.9 Å². The predicted molar refractivity (Wildman–Crippen MR) is 85.2 cm³/mol. The van der Waals surface area contributed by atoms with Gasteiger partial charge < -0.3 is 9.64 Å². The smallest absolute Gasteiger partial charge is 0.341 e. The second-order valence-corrected chi connectivity index (χ2v) is 5.87. The maximum Gasteiger partial charge on any atom is 0.341 e. The Kier molecular flexibility index (Phi) is 5.15. The highest BCUT2D eigenvalue weighted by atomic mass is 19.3. The Hall–Kier alpha value is -2.58. The van der Waals surface area contributed by atoms with Crippen molar-refractivity contribution in [2.75, 3.05) is 18.1 Å². The first-order valence-electron chi connectivity index (χ1n) is 8.16. The summed E-state index contributed by atoms with van der Waals surface area (Å²) in [5.41, 5.74) is -0.257. The molecule has 0 spiro atoms. The van der Waals surface area contributed by atoms with Gasteiger partial charge in [0.15, 0.2) is 0 Å². The van der Waals surface area contributed by atoms with E-state index in [9.17, 15) is 22.4 Å². The summed E-state index contributed by atoms with van der Waals surface area (Å²) in [7, 11) is 0. The van der Waals surface area contributed by atoms with Gasteiger partial charge in [0.1, 0.15) is 29.6 Å². The van der Waals surface area contributed by atoms with E-state index in [0.29, 0.717) is 24.9 Å². The maximum atomic E-state index is 14.2. The first kappa shape index (κ1) is 18.2. The molecule has 0 unspecified atom stereocenters. The Morgan fingerprint density at radius 2 is 2.12 bits per heavy atom. The van der Waals surface area contributed by atoms with Crippen LogP contribution < -0.4 is 4.90 Å². The lowest BCUT2D eigenvalue weighted by atomic mass is 10.0. The molecule has 1 aliphatic rings. The minimum absolute atomic E-state index is 0.0446. The summed E-state index contributed by atoms with van der Waals surface area (Å²) in [6, 6.07) is 2.00. The number of nitrogens with zero attached hydrogens (tertiary/aromatic N) is 3. The number of fused-ring (bicyclic) bond motifs is 1. The van der Waals surface area contributed by atoms with E-state index in [0.717, 1.165) is 16.9 Å². The van der Waals surface area contributed by atoms with Gasteiger partial charge in [-0.05, 0) is 31.4 Å². The number of hydrogen-bond donors (Lipinski definition) is 0. The zero-order valence-electron chi connectivity index (χ0n) is 14.0. The normalized spacial score (nSPS) is 13.8. The van der Waals surface area contributed by atoms with Crippen LogP contribution in [0.1, 0.15) is 41.4 Å². The number of carbonyl (C=O) groups is 1. The molecule has 140 valence electrons. The average molecular weight is 371 g/mol. The van der Waals surface area contributed by atoms with Gasteiger partial charge in [-0.1, -0.05) is 0 Å². The third-order valence-electron chi connectivity index (χ3n) is 4.18. The number of halogens is 4. The topological polar surface area (TPSA) is 47.4 Å². The van der Waals surface area contributed by atoms with Gasteiger partial charge in [0.25, 0.3) is 6.43 Å². The molecular weight excluding hydrogens is 354 g/mol. The molecule has 5 nitrogen and oxygen atoms in total. The van der Waals surface area contributed by atoms with Crippen molar-refractivity contribution < 1.29 is 27.1 Å². The fraction of sp³-hybridized carbons (Fsp3) is 0.412. The molecule has 26 heavy (non-hydrogen) atoms. The van der Waals surface area contributed by atoms with Crippen molar-refractivity contribution in [1.29, 1.82) is 0 Å². The summed E-state index contributed by atoms with van der Waals surface area (Å²) < 4.78 is 60.4. The third kappa shape index (κ3) is 3.38. The molecule has 2 aromatic rings. The summed E-state index contributed by atoms with van der Waals surface area (Å²) in [5.74, 6) is -2.32. The molecule has 9 heteroatoms. The molecule has 1 aliphatic heterocycles. The van der Waals surface area contributed by atoms with Crippen LogP contribution in [0.25, 0.3) is 0 Å². The number of esters is 1. The monoisotopic (exact) mass is 371 g/mol. The van der Waals surface area contributed by atoms with Crippen LogP contribution in [0.15, 0.2) is 18.3 Å². The Balaban J connectivity index is 1.95. The zero-order chi connectivity index (χ0) is 18.8. The van der Waals surface area contributed by atoms with Crippen molar-refractivity contribution in [1.82, 2.24) is 9.78 Å². The van der Waals surface area contributed by atoms with E-state index < -0.39 is 29.7 Å². The van der Waals surface area contributed by atoms with Gasteiger partial charge in [0.2, 0.25) is 0 Å². The lowest BCUT2D eigenvalue weighted by Crippen LogP contribution is -2.33. The molecule has 0 radical (unpaired) electrons. The van der Waals surface area contributed by atoms with E-state index in [1.165, 1.54) is 11.0 Å². The van der Waals surface area contributed by atoms with Gasteiger partial charge in [-0.3, -0.25) is 0 Å². The molecule has 0 saturated carbocycles. The van der Waals surface area contributed by atoms with Crippen LogP contribution in [0.2, 0.25) is 0 Å². The highest BCUT2D eigenvalue weighted by molar-refractivity contribution is 5.90. The third-order valence-corrected chi connectivity index (χ3v) is 4.18. The first-order valence-corrected chi connectivity index (χ1v) is 8.16. The highest BCUT2D eigenvalue weighted by Crippen LogP contribution is 2.32. The van der Waals surface area contributed by atoms with Gasteiger partial charge in [-0.2, -0.15) is 5.10 Å². The van der Waals surface area contributed by atoms with E-state index >= 15 is 0 Å². The molecule has 1 aromatic heterocycles. The van der Waals surface area contributed by atoms with Crippen molar-refractivity contribution in [3.05, 3.63) is 46.8 Å². The lowest BCUT2D eigenvalue weighted by Gasteiger charge is -2.32. The predicted octanol–water partition coefficient (Wildman–Crippen LogP) is 3.69. The number of ether oxygens (including phenoxy) is 1. The first-order chi connectivity index (χ1) is 12.4. The van der Waals surface area contributed by atoms with Crippen LogP contribution in [0.5, 0.6) is 0 Å². The molecule has 0 amide bonds. The SMILES string of the molecule is CCOC(=O)c1cnn(CN2CCCc3cc(F)cc(F)c32)c1C(F)F. The van der Waals surface area contributed by atoms with E-state index in [1.807, 2.05) is 0 Å². The Labute approximate surface area is 147 Å². The number of anilines is 1. The molecular formula is C17H17F4N3O2. The quantitative estimate of drug-likeness (QED) is 0.594. The van der Waals surface area contributed by atoms with Crippen molar-refractivity contribution >= 4 is 11.7 Å². The standard InChI is InChI=1S/C17H17F4N3O2/c1-2-26-17(25)12-8-22-24(15(12)16(20)21)9-23-5-3-4-10-6-11(18)7-13(19)14(10)23/h6-8,16H,2-5,9H2,1H3.